The molecule has 1 aliphatic heterocycles. The van der Waals surface area contributed by atoms with Crippen molar-refractivity contribution < 1.29 is 24.2 Å². The highest BCUT2D eigenvalue weighted by Gasteiger charge is 2.66. The van der Waals surface area contributed by atoms with Gasteiger partial charge in [0.15, 0.2) is 11.5 Å². The number of furan rings is 1. The Labute approximate surface area is 212 Å². The fourth-order valence-corrected chi connectivity index (χ4v) is 7.38. The number of piperidine rings is 1. The Bertz CT molecular complexity index is 1170. The second kappa shape index (κ2) is 8.67. The van der Waals surface area contributed by atoms with Crippen molar-refractivity contribution in [2.75, 3.05) is 27.2 Å². The van der Waals surface area contributed by atoms with Crippen molar-refractivity contribution in [3.05, 3.63) is 53.5 Å². The molecule has 0 unspecified atom stereocenters. The molecule has 1 aromatic carbocycles. The van der Waals surface area contributed by atoms with Crippen LogP contribution in [0.1, 0.15) is 55.2 Å². The summed E-state index contributed by atoms with van der Waals surface area (Å²) < 4.78 is 10.9. The smallest absolute Gasteiger partial charge is 0.246 e. The summed E-state index contributed by atoms with van der Waals surface area (Å²) >= 11 is 0. The van der Waals surface area contributed by atoms with Crippen molar-refractivity contribution in [2.45, 2.75) is 68.0 Å². The minimum absolute atomic E-state index is 0.0274. The SMILES string of the molecule is COc1c(O)ccc2c1[C@]13CCN(CC4CC4)[C@H](C2)[C@]1(O)CC[C@@H](N(C)C(=O)/C=C/c1ccoc1)C3. The number of carbonyl (C=O) groups excluding carboxylic acids is 1. The monoisotopic (exact) mass is 492 g/mol. The second-order valence-corrected chi connectivity index (χ2v) is 11.3. The molecule has 1 saturated heterocycles. The number of benzene rings is 1. The lowest BCUT2D eigenvalue weighted by atomic mass is 9.48. The standard InChI is InChI=1S/C29H36N2O5/c1-30(25(33)8-5-20-10-14-36-18-20)22-9-11-29(34)24-15-21-6-7-23(32)27(35-2)26(21)28(29,16-22)12-13-31(24)17-19-3-4-19/h5-8,10,14,18-19,22,24,32,34H,3-4,9,11-13,15-17H2,1-2H3/b8-5+/t22-,24-,28-,29-/m1/s1. The molecule has 1 amide bonds. The molecule has 2 N–H and O–H groups in total. The molecule has 3 aliphatic carbocycles. The maximum Gasteiger partial charge on any atom is 0.246 e. The first-order valence-electron chi connectivity index (χ1n) is 13.2. The molecule has 4 aliphatic rings. The number of fused-ring (bicyclic) bond motifs is 1. The maximum absolute atomic E-state index is 13.1. The van der Waals surface area contributed by atoms with E-state index < -0.39 is 11.0 Å². The average molecular weight is 493 g/mol. The van der Waals surface area contributed by atoms with Gasteiger partial charge in [0.2, 0.25) is 5.91 Å². The number of nitrogens with zero attached hydrogens (tertiary/aromatic N) is 2. The zero-order chi connectivity index (χ0) is 25.1. The number of aliphatic hydroxyl groups is 1. The van der Waals surface area contributed by atoms with E-state index in [4.69, 9.17) is 9.15 Å². The zero-order valence-corrected chi connectivity index (χ0v) is 21.2. The summed E-state index contributed by atoms with van der Waals surface area (Å²) in [5.41, 5.74) is 1.44. The number of methoxy groups -OCH3 is 1. The van der Waals surface area contributed by atoms with Crippen molar-refractivity contribution in [1.29, 1.82) is 0 Å². The van der Waals surface area contributed by atoms with Gasteiger partial charge in [-0.25, -0.2) is 0 Å². The van der Waals surface area contributed by atoms with E-state index in [1.54, 1.807) is 37.9 Å². The molecule has 4 atom stereocenters. The predicted molar refractivity (Wildman–Crippen MR) is 136 cm³/mol. The van der Waals surface area contributed by atoms with Gasteiger partial charge >= 0.3 is 0 Å². The molecule has 1 aromatic heterocycles. The van der Waals surface area contributed by atoms with Gasteiger partial charge in [0.25, 0.3) is 0 Å². The Morgan fingerprint density at radius 1 is 1.28 bits per heavy atom. The number of amides is 1. The maximum atomic E-state index is 13.1. The first-order valence-corrected chi connectivity index (χ1v) is 13.2. The third-order valence-corrected chi connectivity index (χ3v) is 9.45. The largest absolute Gasteiger partial charge is 0.504 e. The van der Waals surface area contributed by atoms with Crippen molar-refractivity contribution >= 4 is 12.0 Å². The van der Waals surface area contributed by atoms with Crippen LogP contribution in [0, 0.1) is 5.92 Å². The van der Waals surface area contributed by atoms with Gasteiger partial charge < -0.3 is 24.3 Å². The van der Waals surface area contributed by atoms with Crippen molar-refractivity contribution in [2.24, 2.45) is 5.92 Å². The van der Waals surface area contributed by atoms with Crippen LogP contribution in [0.2, 0.25) is 0 Å². The zero-order valence-electron chi connectivity index (χ0n) is 21.2. The van der Waals surface area contributed by atoms with Gasteiger partial charge in [0.05, 0.1) is 25.2 Å². The van der Waals surface area contributed by atoms with E-state index in [9.17, 15) is 15.0 Å². The van der Waals surface area contributed by atoms with Crippen LogP contribution < -0.4 is 4.74 Å². The van der Waals surface area contributed by atoms with Crippen LogP contribution in [0.3, 0.4) is 0 Å². The van der Waals surface area contributed by atoms with Crippen molar-refractivity contribution in [3.63, 3.8) is 0 Å². The summed E-state index contributed by atoms with van der Waals surface area (Å²) in [4.78, 5) is 17.5. The Morgan fingerprint density at radius 3 is 2.83 bits per heavy atom. The van der Waals surface area contributed by atoms with Gasteiger partial charge in [0, 0.05) is 48.3 Å². The normalized spacial score (nSPS) is 31.6. The topological polar surface area (TPSA) is 86.4 Å². The lowest BCUT2D eigenvalue weighted by molar-refractivity contribution is -0.178. The quantitative estimate of drug-likeness (QED) is 0.598. The molecule has 2 aromatic rings. The summed E-state index contributed by atoms with van der Waals surface area (Å²) in [6, 6.07) is 5.55. The molecule has 6 rings (SSSR count). The Balaban J connectivity index is 1.37. The second-order valence-electron chi connectivity index (χ2n) is 11.3. The summed E-state index contributed by atoms with van der Waals surface area (Å²) in [6.07, 6.45) is 12.7. The molecule has 7 nitrogen and oxygen atoms in total. The molecule has 2 saturated carbocycles. The van der Waals surface area contributed by atoms with E-state index in [2.05, 4.69) is 4.90 Å². The highest BCUT2D eigenvalue weighted by atomic mass is 16.5. The summed E-state index contributed by atoms with van der Waals surface area (Å²) in [6.45, 7) is 1.96. The van der Waals surface area contributed by atoms with E-state index >= 15 is 0 Å². The van der Waals surface area contributed by atoms with Crippen LogP contribution in [-0.4, -0.2) is 70.9 Å². The van der Waals surface area contributed by atoms with Crippen molar-refractivity contribution in [1.82, 2.24) is 9.80 Å². The third-order valence-electron chi connectivity index (χ3n) is 9.45. The molecule has 7 heteroatoms. The van der Waals surface area contributed by atoms with E-state index in [0.717, 1.165) is 55.0 Å². The molecular formula is C29H36N2O5. The van der Waals surface area contributed by atoms with E-state index in [-0.39, 0.29) is 23.7 Å². The van der Waals surface area contributed by atoms with Gasteiger partial charge in [-0.15, -0.1) is 0 Å². The van der Waals surface area contributed by atoms with Crippen molar-refractivity contribution in [3.8, 4) is 11.5 Å². The van der Waals surface area contributed by atoms with Crippen LogP contribution >= 0.6 is 0 Å². The molecule has 3 fully saturated rings. The first-order chi connectivity index (χ1) is 17.4. The lowest BCUT2D eigenvalue weighted by Gasteiger charge is -2.65. The number of hydrogen-bond donors (Lipinski definition) is 2. The van der Waals surface area contributed by atoms with Gasteiger partial charge in [-0.3, -0.25) is 9.69 Å². The molecule has 36 heavy (non-hydrogen) atoms. The number of hydrogen-bond acceptors (Lipinski definition) is 6. The fraction of sp³-hybridized carbons (Fsp3) is 0.552. The van der Waals surface area contributed by atoms with E-state index in [0.29, 0.717) is 18.6 Å². The van der Waals surface area contributed by atoms with Gasteiger partial charge in [0.1, 0.15) is 0 Å². The molecule has 2 bridgehead atoms. The number of likely N-dealkylation sites (tertiary alicyclic amines) is 1. The Morgan fingerprint density at radius 2 is 2.11 bits per heavy atom. The average Bonchev–Trinajstić information content (AvgIpc) is 3.54. The van der Waals surface area contributed by atoms with Gasteiger partial charge in [-0.05, 0) is 81.2 Å². The number of rotatable bonds is 6. The Hall–Kier alpha value is -2.77. The van der Waals surface area contributed by atoms with Crippen LogP contribution in [-0.2, 0) is 16.6 Å². The van der Waals surface area contributed by atoms with Crippen LogP contribution in [0.5, 0.6) is 11.5 Å². The molecule has 0 spiro atoms. The predicted octanol–water partition coefficient (Wildman–Crippen LogP) is 3.73. The molecular weight excluding hydrogens is 456 g/mol. The number of phenols is 1. The number of likely N-dealkylation sites (N-methyl/N-ethyl adjacent to an activating group) is 1. The number of aromatic hydroxyl groups is 1. The summed E-state index contributed by atoms with van der Waals surface area (Å²) in [7, 11) is 3.45. The fourth-order valence-electron chi connectivity index (χ4n) is 7.38. The van der Waals surface area contributed by atoms with E-state index in [1.807, 2.05) is 24.1 Å². The first kappa shape index (κ1) is 23.6. The third kappa shape index (κ3) is 3.58. The van der Waals surface area contributed by atoms with Crippen LogP contribution in [0.4, 0.5) is 0 Å². The van der Waals surface area contributed by atoms with Crippen LogP contribution in [0.25, 0.3) is 6.08 Å². The minimum atomic E-state index is -0.929. The Kier molecular flexibility index (Phi) is 5.68. The minimum Gasteiger partial charge on any atom is -0.504 e. The lowest BCUT2D eigenvalue weighted by Crippen LogP contribution is -2.74. The van der Waals surface area contributed by atoms with Crippen LogP contribution in [0.15, 0.2) is 41.2 Å². The molecule has 0 radical (unpaired) electrons. The molecule has 2 heterocycles. The number of ether oxygens (including phenoxy) is 1. The number of phenolic OH excluding ortho intramolecular Hbond substituents is 1. The highest BCUT2D eigenvalue weighted by Crippen LogP contribution is 2.61. The summed E-state index contributed by atoms with van der Waals surface area (Å²) in [5.74, 6) is 1.28. The highest BCUT2D eigenvalue weighted by molar-refractivity contribution is 5.91. The van der Waals surface area contributed by atoms with Gasteiger partial charge in [-0.2, -0.15) is 0 Å². The number of carbonyl (C=O) groups is 1. The van der Waals surface area contributed by atoms with E-state index in [1.165, 1.54) is 12.8 Å². The van der Waals surface area contributed by atoms with Gasteiger partial charge in [-0.1, -0.05) is 6.07 Å². The molecule has 192 valence electrons. The summed E-state index contributed by atoms with van der Waals surface area (Å²) in [5, 5.41) is 23.3.